The van der Waals surface area contributed by atoms with Gasteiger partial charge in [-0.2, -0.15) is 0 Å². The molecule has 0 aliphatic carbocycles. The molecular weight excluding hydrogens is 442 g/mol. The average Bonchev–Trinajstić information content (AvgIpc) is 2.89. The normalized spacial score (nSPS) is 14.7. The van der Waals surface area contributed by atoms with Crippen LogP contribution < -0.4 is 0 Å². The highest BCUT2D eigenvalue weighted by molar-refractivity contribution is 6.30. The van der Waals surface area contributed by atoms with Crippen LogP contribution in [0, 0.1) is 0 Å². The highest BCUT2D eigenvalue weighted by Gasteiger charge is 2.24. The lowest BCUT2D eigenvalue weighted by Gasteiger charge is -2.34. The van der Waals surface area contributed by atoms with E-state index < -0.39 is 0 Å². The Bertz CT molecular complexity index is 1330. The Balaban J connectivity index is 1.32. The monoisotopic (exact) mass is 467 g/mol. The van der Waals surface area contributed by atoms with E-state index in [1.807, 2.05) is 77.7 Å². The first kappa shape index (κ1) is 22.3. The van der Waals surface area contributed by atoms with Crippen molar-refractivity contribution in [1.82, 2.24) is 14.8 Å². The van der Waals surface area contributed by atoms with Crippen LogP contribution in [-0.4, -0.2) is 53.4 Å². The molecule has 1 aliphatic heterocycles. The van der Waals surface area contributed by atoms with Gasteiger partial charge in [0.1, 0.15) is 0 Å². The maximum atomic E-state index is 13.6. The molecule has 4 nitrogen and oxygen atoms in total. The number of benzene rings is 3. The highest BCUT2D eigenvalue weighted by atomic mass is 35.5. The van der Waals surface area contributed by atoms with E-state index in [4.69, 9.17) is 16.6 Å². The number of para-hydroxylation sites is 1. The van der Waals surface area contributed by atoms with Gasteiger partial charge in [0, 0.05) is 48.7 Å². The fourth-order valence-corrected chi connectivity index (χ4v) is 4.54. The average molecular weight is 468 g/mol. The molecule has 1 aromatic heterocycles. The van der Waals surface area contributed by atoms with Crippen LogP contribution in [-0.2, 0) is 0 Å². The van der Waals surface area contributed by atoms with Crippen molar-refractivity contribution < 1.29 is 4.79 Å². The lowest BCUT2D eigenvalue weighted by atomic mass is 10.0. The maximum Gasteiger partial charge on any atom is 0.254 e. The molecule has 1 amide bonds. The van der Waals surface area contributed by atoms with Crippen LogP contribution in [0.3, 0.4) is 0 Å². The molecule has 0 N–H and O–H groups in total. The van der Waals surface area contributed by atoms with Crippen LogP contribution in [0.1, 0.15) is 15.9 Å². The smallest absolute Gasteiger partial charge is 0.254 e. The first-order valence-corrected chi connectivity index (χ1v) is 11.9. The van der Waals surface area contributed by atoms with Crippen molar-refractivity contribution in [3.8, 4) is 11.3 Å². The number of fused-ring (bicyclic) bond motifs is 1. The standard InChI is InChI=1S/C29H26ClN3O/c30-24-12-6-11-23(20-24)28-21-26(25-13-4-5-14-27(25)31-28)29(34)33-18-16-32(17-19-33)15-7-10-22-8-2-1-3-9-22/h1-14,20-21H,15-19H2/b10-7+. The van der Waals surface area contributed by atoms with Gasteiger partial charge >= 0.3 is 0 Å². The molecular formula is C29H26ClN3O. The molecule has 0 atom stereocenters. The third-order valence-corrected chi connectivity index (χ3v) is 6.44. The molecule has 1 fully saturated rings. The minimum Gasteiger partial charge on any atom is -0.336 e. The topological polar surface area (TPSA) is 36.4 Å². The van der Waals surface area contributed by atoms with Crippen LogP contribution in [0.25, 0.3) is 28.2 Å². The fraction of sp³-hybridized carbons (Fsp3) is 0.172. The summed E-state index contributed by atoms with van der Waals surface area (Å²) in [6, 6.07) is 27.7. The van der Waals surface area contributed by atoms with E-state index in [0.717, 1.165) is 41.8 Å². The third kappa shape index (κ3) is 5.04. The Kier molecular flexibility index (Phi) is 6.70. The van der Waals surface area contributed by atoms with E-state index in [1.54, 1.807) is 0 Å². The minimum absolute atomic E-state index is 0.0568. The van der Waals surface area contributed by atoms with Gasteiger partial charge in [-0.05, 0) is 29.8 Å². The van der Waals surface area contributed by atoms with Crippen molar-refractivity contribution in [2.24, 2.45) is 0 Å². The maximum absolute atomic E-state index is 13.6. The third-order valence-electron chi connectivity index (χ3n) is 6.20. The van der Waals surface area contributed by atoms with E-state index in [1.165, 1.54) is 5.56 Å². The Morgan fingerprint density at radius 3 is 2.44 bits per heavy atom. The molecule has 0 unspecified atom stereocenters. The second-order valence-electron chi connectivity index (χ2n) is 8.49. The fourth-order valence-electron chi connectivity index (χ4n) is 4.35. The first-order valence-electron chi connectivity index (χ1n) is 11.6. The summed E-state index contributed by atoms with van der Waals surface area (Å²) in [5, 5.41) is 1.53. The zero-order valence-electron chi connectivity index (χ0n) is 18.9. The van der Waals surface area contributed by atoms with Crippen LogP contribution in [0.2, 0.25) is 5.02 Å². The number of aromatic nitrogens is 1. The quantitative estimate of drug-likeness (QED) is 0.359. The van der Waals surface area contributed by atoms with Crippen molar-refractivity contribution in [2.45, 2.75) is 0 Å². The SMILES string of the molecule is O=C(c1cc(-c2cccc(Cl)c2)nc2ccccc12)N1CCN(C/C=C/c2ccccc2)CC1. The number of carbonyl (C=O) groups excluding carboxylic acids is 1. The van der Waals surface area contributed by atoms with Gasteiger partial charge in [-0.3, -0.25) is 9.69 Å². The summed E-state index contributed by atoms with van der Waals surface area (Å²) in [6.45, 7) is 4.01. The summed E-state index contributed by atoms with van der Waals surface area (Å²) >= 11 is 6.21. The van der Waals surface area contributed by atoms with E-state index in [0.29, 0.717) is 23.7 Å². The first-order chi connectivity index (χ1) is 16.7. The predicted octanol–water partition coefficient (Wildman–Crippen LogP) is 6.03. The summed E-state index contributed by atoms with van der Waals surface area (Å²) < 4.78 is 0. The number of hydrogen-bond acceptors (Lipinski definition) is 3. The number of hydrogen-bond donors (Lipinski definition) is 0. The molecule has 0 spiro atoms. The van der Waals surface area contributed by atoms with Gasteiger partial charge in [-0.1, -0.05) is 84.4 Å². The molecule has 0 radical (unpaired) electrons. The number of piperazine rings is 1. The van der Waals surface area contributed by atoms with Gasteiger partial charge in [-0.25, -0.2) is 4.98 Å². The number of carbonyl (C=O) groups is 1. The summed E-state index contributed by atoms with van der Waals surface area (Å²) in [7, 11) is 0. The zero-order valence-corrected chi connectivity index (χ0v) is 19.7. The van der Waals surface area contributed by atoms with Crippen LogP contribution >= 0.6 is 11.6 Å². The second kappa shape index (κ2) is 10.2. The second-order valence-corrected chi connectivity index (χ2v) is 8.92. The van der Waals surface area contributed by atoms with Crippen molar-refractivity contribution in [1.29, 1.82) is 0 Å². The summed E-state index contributed by atoms with van der Waals surface area (Å²) in [5.74, 6) is 0.0568. The van der Waals surface area contributed by atoms with Crippen molar-refractivity contribution in [3.63, 3.8) is 0 Å². The molecule has 1 aliphatic rings. The lowest BCUT2D eigenvalue weighted by molar-refractivity contribution is 0.0652. The van der Waals surface area contributed by atoms with Crippen LogP contribution in [0.5, 0.6) is 0 Å². The van der Waals surface area contributed by atoms with Gasteiger partial charge in [0.2, 0.25) is 0 Å². The number of amides is 1. The minimum atomic E-state index is 0.0568. The number of halogens is 1. The molecule has 0 saturated carbocycles. The van der Waals surface area contributed by atoms with Gasteiger partial charge < -0.3 is 4.90 Å². The summed E-state index contributed by atoms with van der Waals surface area (Å²) in [5.41, 5.74) is 4.37. The Hall–Kier alpha value is -3.47. The molecule has 0 bridgehead atoms. The van der Waals surface area contributed by atoms with Crippen molar-refractivity contribution in [3.05, 3.63) is 107 Å². The van der Waals surface area contributed by atoms with Gasteiger partial charge in [0.05, 0.1) is 16.8 Å². The molecule has 3 aromatic carbocycles. The van der Waals surface area contributed by atoms with Crippen LogP contribution in [0.15, 0.2) is 91.0 Å². The molecule has 34 heavy (non-hydrogen) atoms. The molecule has 2 heterocycles. The van der Waals surface area contributed by atoms with E-state index in [9.17, 15) is 4.79 Å². The molecule has 5 rings (SSSR count). The Morgan fingerprint density at radius 2 is 1.65 bits per heavy atom. The summed E-state index contributed by atoms with van der Waals surface area (Å²) in [4.78, 5) is 22.7. The number of pyridine rings is 1. The molecule has 170 valence electrons. The Labute approximate surface area is 205 Å². The Morgan fingerprint density at radius 1 is 0.882 bits per heavy atom. The predicted molar refractivity (Wildman–Crippen MR) is 140 cm³/mol. The van der Waals surface area contributed by atoms with Crippen LogP contribution in [0.4, 0.5) is 0 Å². The van der Waals surface area contributed by atoms with E-state index in [2.05, 4.69) is 29.2 Å². The van der Waals surface area contributed by atoms with Crippen molar-refractivity contribution >= 4 is 34.5 Å². The van der Waals surface area contributed by atoms with Gasteiger partial charge in [0.15, 0.2) is 0 Å². The number of nitrogens with zero attached hydrogens (tertiary/aromatic N) is 3. The van der Waals surface area contributed by atoms with E-state index in [-0.39, 0.29) is 5.91 Å². The zero-order chi connectivity index (χ0) is 23.3. The van der Waals surface area contributed by atoms with Gasteiger partial charge in [-0.15, -0.1) is 0 Å². The molecule has 5 heteroatoms. The summed E-state index contributed by atoms with van der Waals surface area (Å²) in [6.07, 6.45) is 4.35. The highest BCUT2D eigenvalue weighted by Crippen LogP contribution is 2.27. The number of rotatable bonds is 5. The lowest BCUT2D eigenvalue weighted by Crippen LogP contribution is -2.48. The van der Waals surface area contributed by atoms with Crippen molar-refractivity contribution in [2.75, 3.05) is 32.7 Å². The largest absolute Gasteiger partial charge is 0.336 e. The van der Waals surface area contributed by atoms with Gasteiger partial charge in [0.25, 0.3) is 5.91 Å². The molecule has 4 aromatic rings. The van der Waals surface area contributed by atoms with E-state index >= 15 is 0 Å². The molecule has 1 saturated heterocycles.